The van der Waals surface area contributed by atoms with Gasteiger partial charge in [0.2, 0.25) is 0 Å². The van der Waals surface area contributed by atoms with E-state index in [9.17, 15) is 0 Å². The van der Waals surface area contributed by atoms with Gasteiger partial charge in [0.05, 0.1) is 34.5 Å². The smallest absolute Gasteiger partial charge is 0.195 e. The Bertz CT molecular complexity index is 876. The van der Waals surface area contributed by atoms with Crippen molar-refractivity contribution in [2.45, 2.75) is 19.8 Å². The molecule has 0 bridgehead atoms. The largest absolute Gasteiger partial charge is 0.496 e. The van der Waals surface area contributed by atoms with Crippen LogP contribution in [0.3, 0.4) is 0 Å². The predicted molar refractivity (Wildman–Crippen MR) is 121 cm³/mol. The van der Waals surface area contributed by atoms with Gasteiger partial charge in [0.25, 0.3) is 0 Å². The third-order valence-corrected chi connectivity index (χ3v) is 4.80. The number of anilines is 1. The second kappa shape index (κ2) is 11.2. The molecule has 0 saturated carbocycles. The maximum absolute atomic E-state index is 5.78. The van der Waals surface area contributed by atoms with Gasteiger partial charge in [-0.1, -0.05) is 0 Å². The van der Waals surface area contributed by atoms with Crippen molar-refractivity contribution in [3.8, 4) is 28.7 Å². The Labute approximate surface area is 183 Å². The van der Waals surface area contributed by atoms with Crippen molar-refractivity contribution < 1.29 is 23.7 Å². The van der Waals surface area contributed by atoms with Crippen LogP contribution in [0.4, 0.5) is 5.69 Å². The van der Waals surface area contributed by atoms with Gasteiger partial charge in [-0.05, 0) is 25.5 Å². The lowest BCUT2D eigenvalue weighted by molar-refractivity contribution is 0.297. The molecule has 8 nitrogen and oxygen atoms in total. The molecule has 168 valence electrons. The first-order chi connectivity index (χ1) is 15.2. The molecule has 2 N–H and O–H groups in total. The molecule has 0 amide bonds. The molecule has 0 aromatic heterocycles. The minimum Gasteiger partial charge on any atom is -0.496 e. The molecule has 8 heteroatoms. The number of aliphatic imine (C=N–C) groups is 1. The molecule has 0 unspecified atom stereocenters. The number of ether oxygens (including phenoxy) is 5. The molecule has 0 aliphatic carbocycles. The number of hydrogen-bond acceptors (Lipinski definition) is 6. The molecule has 31 heavy (non-hydrogen) atoms. The minimum absolute atomic E-state index is 0.541. The molecular formula is C23H31N3O5. The van der Waals surface area contributed by atoms with E-state index in [1.54, 1.807) is 21.3 Å². The van der Waals surface area contributed by atoms with Gasteiger partial charge >= 0.3 is 0 Å². The van der Waals surface area contributed by atoms with Crippen molar-refractivity contribution in [3.63, 3.8) is 0 Å². The summed E-state index contributed by atoms with van der Waals surface area (Å²) >= 11 is 0. The Morgan fingerprint density at radius 2 is 1.68 bits per heavy atom. The first kappa shape index (κ1) is 22.4. The van der Waals surface area contributed by atoms with Crippen molar-refractivity contribution >= 4 is 11.6 Å². The lowest BCUT2D eigenvalue weighted by Gasteiger charge is -2.15. The lowest BCUT2D eigenvalue weighted by atomic mass is 10.1. The van der Waals surface area contributed by atoms with Crippen LogP contribution in [0.2, 0.25) is 0 Å². The van der Waals surface area contributed by atoms with Gasteiger partial charge in [-0.15, -0.1) is 0 Å². The summed E-state index contributed by atoms with van der Waals surface area (Å²) in [5, 5.41) is 6.60. The Kier molecular flexibility index (Phi) is 8.09. The fourth-order valence-electron chi connectivity index (χ4n) is 3.29. The second-order valence-electron chi connectivity index (χ2n) is 6.86. The third-order valence-electron chi connectivity index (χ3n) is 4.80. The topological polar surface area (TPSA) is 82.6 Å². The van der Waals surface area contributed by atoms with Crippen LogP contribution in [0, 0.1) is 0 Å². The summed E-state index contributed by atoms with van der Waals surface area (Å²) in [5.74, 6) is 4.31. The Morgan fingerprint density at radius 3 is 2.32 bits per heavy atom. The van der Waals surface area contributed by atoms with Crippen LogP contribution >= 0.6 is 0 Å². The van der Waals surface area contributed by atoms with Crippen LogP contribution in [0.15, 0.2) is 35.3 Å². The lowest BCUT2D eigenvalue weighted by Crippen LogP contribution is -2.31. The standard InChI is InChI=1S/C23H31N3O5/c1-5-24-23(26-16-7-8-19-22(13-16)31-12-6-11-30-19)25-10-9-18-20(28-3)14-17(27-2)15-21(18)29-4/h7-8,13-15H,5-6,9-12H2,1-4H3,(H2,24,25,26). The number of nitrogens with zero attached hydrogens (tertiary/aromatic N) is 1. The highest BCUT2D eigenvalue weighted by atomic mass is 16.5. The summed E-state index contributed by atoms with van der Waals surface area (Å²) < 4.78 is 27.8. The van der Waals surface area contributed by atoms with E-state index in [1.807, 2.05) is 37.3 Å². The number of nitrogens with one attached hydrogen (secondary N) is 2. The zero-order valence-electron chi connectivity index (χ0n) is 18.6. The number of guanidine groups is 1. The van der Waals surface area contributed by atoms with Gasteiger partial charge in [-0.2, -0.15) is 0 Å². The van der Waals surface area contributed by atoms with Crippen LogP contribution in [0.1, 0.15) is 18.9 Å². The SMILES string of the molecule is CCNC(=NCCc1c(OC)cc(OC)cc1OC)Nc1ccc2c(c1)OCCCO2. The molecule has 2 aromatic carbocycles. The van der Waals surface area contributed by atoms with Crippen molar-refractivity contribution in [1.29, 1.82) is 0 Å². The van der Waals surface area contributed by atoms with Crippen LogP contribution in [0.5, 0.6) is 28.7 Å². The molecule has 2 aromatic rings. The van der Waals surface area contributed by atoms with Gasteiger partial charge in [0.1, 0.15) is 17.2 Å². The average Bonchev–Trinajstić information content (AvgIpc) is 3.04. The summed E-state index contributed by atoms with van der Waals surface area (Å²) in [4.78, 5) is 4.71. The fraction of sp³-hybridized carbons (Fsp3) is 0.435. The monoisotopic (exact) mass is 429 g/mol. The van der Waals surface area contributed by atoms with E-state index >= 15 is 0 Å². The first-order valence-corrected chi connectivity index (χ1v) is 10.4. The summed E-state index contributed by atoms with van der Waals surface area (Å²) in [6.07, 6.45) is 1.52. The highest BCUT2D eigenvalue weighted by Crippen LogP contribution is 2.34. The van der Waals surface area contributed by atoms with E-state index < -0.39 is 0 Å². The normalized spacial score (nSPS) is 13.2. The maximum atomic E-state index is 5.78. The highest BCUT2D eigenvalue weighted by Gasteiger charge is 2.14. The molecular weight excluding hydrogens is 398 g/mol. The molecule has 1 heterocycles. The minimum atomic E-state index is 0.541. The predicted octanol–water partition coefficient (Wildman–Crippen LogP) is 3.49. The van der Waals surface area contributed by atoms with Gasteiger partial charge in [-0.25, -0.2) is 0 Å². The summed E-state index contributed by atoms with van der Waals surface area (Å²) in [6.45, 7) is 4.63. The number of methoxy groups -OCH3 is 3. The van der Waals surface area contributed by atoms with Crippen molar-refractivity contribution in [2.24, 2.45) is 4.99 Å². The first-order valence-electron chi connectivity index (χ1n) is 10.4. The van der Waals surface area contributed by atoms with E-state index in [-0.39, 0.29) is 0 Å². The zero-order valence-corrected chi connectivity index (χ0v) is 18.6. The molecule has 0 spiro atoms. The Hall–Kier alpha value is -3.29. The van der Waals surface area contributed by atoms with Crippen molar-refractivity contribution in [1.82, 2.24) is 5.32 Å². The average molecular weight is 430 g/mol. The van der Waals surface area contributed by atoms with Crippen molar-refractivity contribution in [3.05, 3.63) is 35.9 Å². The zero-order chi connectivity index (χ0) is 22.1. The van der Waals surface area contributed by atoms with E-state index in [0.29, 0.717) is 49.4 Å². The number of rotatable bonds is 8. The molecule has 0 radical (unpaired) electrons. The summed E-state index contributed by atoms with van der Waals surface area (Å²) in [6, 6.07) is 9.50. The maximum Gasteiger partial charge on any atom is 0.195 e. The van der Waals surface area contributed by atoms with Gasteiger partial charge in [-0.3, -0.25) is 4.99 Å². The molecule has 0 fully saturated rings. The van der Waals surface area contributed by atoms with Crippen LogP contribution in [-0.4, -0.2) is 53.6 Å². The highest BCUT2D eigenvalue weighted by molar-refractivity contribution is 5.93. The van der Waals surface area contributed by atoms with Crippen LogP contribution in [-0.2, 0) is 6.42 Å². The van der Waals surface area contributed by atoms with Crippen LogP contribution < -0.4 is 34.3 Å². The molecule has 3 rings (SSSR count). The summed E-state index contributed by atoms with van der Waals surface area (Å²) in [7, 11) is 4.89. The number of hydrogen-bond donors (Lipinski definition) is 2. The number of benzene rings is 2. The fourth-order valence-corrected chi connectivity index (χ4v) is 3.29. The van der Waals surface area contributed by atoms with E-state index in [1.165, 1.54) is 0 Å². The Morgan fingerprint density at radius 1 is 0.968 bits per heavy atom. The molecule has 1 aliphatic rings. The summed E-state index contributed by atoms with van der Waals surface area (Å²) in [5.41, 5.74) is 1.82. The Balaban J connectivity index is 1.73. The van der Waals surface area contributed by atoms with Crippen molar-refractivity contribution in [2.75, 3.05) is 52.9 Å². The van der Waals surface area contributed by atoms with E-state index in [2.05, 4.69) is 10.6 Å². The molecule has 0 saturated heterocycles. The van der Waals surface area contributed by atoms with Gasteiger partial charge in [0, 0.05) is 49.0 Å². The van der Waals surface area contributed by atoms with Crippen LogP contribution in [0.25, 0.3) is 0 Å². The second-order valence-corrected chi connectivity index (χ2v) is 6.86. The van der Waals surface area contributed by atoms with Gasteiger partial charge in [0.15, 0.2) is 17.5 Å². The quantitative estimate of drug-likeness (QED) is 0.491. The van der Waals surface area contributed by atoms with Gasteiger partial charge < -0.3 is 34.3 Å². The van der Waals surface area contributed by atoms with E-state index in [0.717, 1.165) is 35.7 Å². The van der Waals surface area contributed by atoms with E-state index in [4.69, 9.17) is 28.7 Å². The third kappa shape index (κ3) is 5.87. The number of fused-ring (bicyclic) bond motifs is 1. The molecule has 1 aliphatic heterocycles. The molecule has 0 atom stereocenters.